The maximum absolute atomic E-state index is 14.0. The molecule has 238 valence electrons. The van der Waals surface area contributed by atoms with Crippen LogP contribution in [-0.2, 0) is 32.6 Å². The highest BCUT2D eigenvalue weighted by molar-refractivity contribution is 7.92. The SMILES string of the molecule is CCOc1ccccc1N(CCCC(=O)N(Cc1ccc(Cl)c(Cl)c1)[C@@H](Cc1ccccc1)C(=O)NC(C)(C)C)S(C)(=O)=O. The van der Waals surface area contributed by atoms with Crippen LogP contribution in [0.5, 0.6) is 5.75 Å². The third-order valence-corrected chi connectivity index (χ3v) is 8.61. The Hall–Kier alpha value is -3.27. The number of sulfonamides is 1. The molecule has 0 aromatic heterocycles. The van der Waals surface area contributed by atoms with E-state index in [1.54, 1.807) is 47.4 Å². The van der Waals surface area contributed by atoms with Gasteiger partial charge in [0.15, 0.2) is 0 Å². The third kappa shape index (κ3) is 10.4. The van der Waals surface area contributed by atoms with Gasteiger partial charge < -0.3 is 15.0 Å². The van der Waals surface area contributed by atoms with Crippen LogP contribution < -0.4 is 14.4 Å². The highest BCUT2D eigenvalue weighted by Gasteiger charge is 2.32. The number of hydrogen-bond acceptors (Lipinski definition) is 5. The van der Waals surface area contributed by atoms with Gasteiger partial charge in [-0.3, -0.25) is 13.9 Å². The quantitative estimate of drug-likeness (QED) is 0.213. The molecule has 44 heavy (non-hydrogen) atoms. The molecule has 3 aromatic carbocycles. The van der Waals surface area contributed by atoms with Gasteiger partial charge in [-0.15, -0.1) is 0 Å². The van der Waals surface area contributed by atoms with E-state index in [2.05, 4.69) is 5.32 Å². The predicted molar refractivity (Wildman–Crippen MR) is 178 cm³/mol. The number of hydrogen-bond donors (Lipinski definition) is 1. The Balaban J connectivity index is 1.94. The number of anilines is 1. The molecule has 0 unspecified atom stereocenters. The number of para-hydroxylation sites is 2. The lowest BCUT2D eigenvalue weighted by Gasteiger charge is -2.34. The molecule has 1 N–H and O–H groups in total. The molecule has 1 atom stereocenters. The zero-order chi connectivity index (χ0) is 32.5. The van der Waals surface area contributed by atoms with Crippen molar-refractivity contribution in [3.63, 3.8) is 0 Å². The van der Waals surface area contributed by atoms with Gasteiger partial charge in [-0.1, -0.05) is 71.7 Å². The Bertz CT molecular complexity index is 1530. The number of nitrogens with zero attached hydrogens (tertiary/aromatic N) is 2. The molecule has 0 saturated carbocycles. The zero-order valence-corrected chi connectivity index (χ0v) is 28.2. The smallest absolute Gasteiger partial charge is 0.243 e. The first kappa shape index (κ1) is 35.2. The van der Waals surface area contributed by atoms with Crippen LogP contribution in [0.1, 0.15) is 51.7 Å². The van der Waals surface area contributed by atoms with Crippen molar-refractivity contribution in [2.24, 2.45) is 0 Å². The van der Waals surface area contributed by atoms with E-state index in [9.17, 15) is 18.0 Å². The number of benzene rings is 3. The average Bonchev–Trinajstić information content (AvgIpc) is 2.94. The summed E-state index contributed by atoms with van der Waals surface area (Å²) in [6, 6.07) is 20.7. The molecular weight excluding hydrogens is 621 g/mol. The van der Waals surface area contributed by atoms with Crippen LogP contribution in [0.4, 0.5) is 5.69 Å². The third-order valence-electron chi connectivity index (χ3n) is 6.69. The average molecular weight is 663 g/mol. The van der Waals surface area contributed by atoms with Gasteiger partial charge in [0, 0.05) is 31.5 Å². The van der Waals surface area contributed by atoms with E-state index in [0.29, 0.717) is 33.7 Å². The summed E-state index contributed by atoms with van der Waals surface area (Å²) in [6.07, 6.45) is 1.62. The summed E-state index contributed by atoms with van der Waals surface area (Å²) >= 11 is 12.5. The number of amides is 2. The first-order valence-electron chi connectivity index (χ1n) is 14.5. The number of ether oxygens (including phenoxy) is 1. The fraction of sp³-hybridized carbons (Fsp3) is 0.394. The minimum absolute atomic E-state index is 0.00175. The molecule has 0 saturated heterocycles. The van der Waals surface area contributed by atoms with Gasteiger partial charge in [0.05, 0.1) is 28.6 Å². The summed E-state index contributed by atoms with van der Waals surface area (Å²) in [5.41, 5.74) is 1.47. The molecule has 3 rings (SSSR count). The maximum atomic E-state index is 14.0. The van der Waals surface area contributed by atoms with Gasteiger partial charge in [0.1, 0.15) is 11.8 Å². The van der Waals surface area contributed by atoms with Crippen LogP contribution in [0.2, 0.25) is 10.0 Å². The van der Waals surface area contributed by atoms with E-state index in [1.807, 2.05) is 58.0 Å². The second kappa shape index (κ2) is 15.6. The number of rotatable bonds is 14. The van der Waals surface area contributed by atoms with Crippen molar-refractivity contribution in [2.75, 3.05) is 23.7 Å². The lowest BCUT2D eigenvalue weighted by Crippen LogP contribution is -2.54. The van der Waals surface area contributed by atoms with E-state index in [1.165, 1.54) is 4.31 Å². The van der Waals surface area contributed by atoms with Gasteiger partial charge in [-0.05, 0) is 69.5 Å². The second-order valence-electron chi connectivity index (χ2n) is 11.6. The molecule has 8 nitrogen and oxygen atoms in total. The number of carbonyl (C=O) groups is 2. The molecule has 2 amide bonds. The predicted octanol–water partition coefficient (Wildman–Crippen LogP) is 6.49. The standard InChI is InChI=1S/C33H41Cl2N3O5S/c1-6-43-30-16-11-10-15-28(30)38(44(5,41)42)20-12-17-31(39)37(23-25-18-19-26(34)27(35)21-25)29(32(40)36-33(2,3)4)22-24-13-8-7-9-14-24/h7-11,13-16,18-19,21,29H,6,12,17,20,22-23H2,1-5H3,(H,36,40)/t29-/m0/s1. The van der Waals surface area contributed by atoms with Crippen LogP contribution in [0.15, 0.2) is 72.8 Å². The molecule has 0 spiro atoms. The normalized spacial score (nSPS) is 12.3. The molecule has 0 aliphatic carbocycles. The molecular formula is C33H41Cl2N3O5S. The van der Waals surface area contributed by atoms with E-state index in [-0.39, 0.29) is 44.2 Å². The van der Waals surface area contributed by atoms with Crippen LogP contribution in [0, 0.1) is 0 Å². The summed E-state index contributed by atoms with van der Waals surface area (Å²) in [5, 5.41) is 3.76. The highest BCUT2D eigenvalue weighted by atomic mass is 35.5. The molecule has 0 aliphatic heterocycles. The van der Waals surface area contributed by atoms with Crippen molar-refractivity contribution in [2.45, 2.75) is 65.1 Å². The van der Waals surface area contributed by atoms with Crippen LogP contribution in [0.3, 0.4) is 0 Å². The minimum atomic E-state index is -3.69. The van der Waals surface area contributed by atoms with Gasteiger partial charge >= 0.3 is 0 Å². The molecule has 3 aromatic rings. The molecule has 0 fully saturated rings. The molecule has 11 heteroatoms. The Morgan fingerprint density at radius 3 is 2.20 bits per heavy atom. The summed E-state index contributed by atoms with van der Waals surface area (Å²) in [7, 11) is -3.69. The Morgan fingerprint density at radius 2 is 1.59 bits per heavy atom. The minimum Gasteiger partial charge on any atom is -0.492 e. The largest absolute Gasteiger partial charge is 0.492 e. The van der Waals surface area contributed by atoms with E-state index in [0.717, 1.165) is 11.8 Å². The van der Waals surface area contributed by atoms with Gasteiger partial charge in [0.2, 0.25) is 21.8 Å². The van der Waals surface area contributed by atoms with Crippen molar-refractivity contribution in [3.8, 4) is 5.75 Å². The highest BCUT2D eigenvalue weighted by Crippen LogP contribution is 2.30. The summed E-state index contributed by atoms with van der Waals surface area (Å²) in [4.78, 5) is 29.3. The summed E-state index contributed by atoms with van der Waals surface area (Å²) in [6.45, 7) is 8.00. The van der Waals surface area contributed by atoms with Crippen molar-refractivity contribution >= 4 is 50.7 Å². The summed E-state index contributed by atoms with van der Waals surface area (Å²) in [5.74, 6) is -0.152. The first-order valence-corrected chi connectivity index (χ1v) is 17.1. The second-order valence-corrected chi connectivity index (χ2v) is 14.3. The van der Waals surface area contributed by atoms with Crippen LogP contribution in [-0.4, -0.2) is 56.1 Å². The van der Waals surface area contributed by atoms with E-state index < -0.39 is 21.6 Å². The first-order chi connectivity index (χ1) is 20.7. The van der Waals surface area contributed by atoms with Crippen molar-refractivity contribution in [1.82, 2.24) is 10.2 Å². The maximum Gasteiger partial charge on any atom is 0.243 e. The Labute approximate surface area is 271 Å². The van der Waals surface area contributed by atoms with Gasteiger partial charge in [-0.2, -0.15) is 0 Å². The molecule has 0 heterocycles. The number of nitrogens with one attached hydrogen (secondary N) is 1. The fourth-order valence-corrected chi connectivity index (χ4v) is 6.05. The topological polar surface area (TPSA) is 96.0 Å². The molecule has 0 aliphatic rings. The van der Waals surface area contributed by atoms with Crippen molar-refractivity contribution in [1.29, 1.82) is 0 Å². The van der Waals surface area contributed by atoms with Crippen molar-refractivity contribution < 1.29 is 22.7 Å². The number of halogens is 2. The lowest BCUT2D eigenvalue weighted by atomic mass is 10.00. The number of carbonyl (C=O) groups excluding carboxylic acids is 2. The Kier molecular flexibility index (Phi) is 12.5. The van der Waals surface area contributed by atoms with E-state index >= 15 is 0 Å². The Morgan fingerprint density at radius 1 is 0.932 bits per heavy atom. The van der Waals surface area contributed by atoms with Crippen LogP contribution in [0.25, 0.3) is 0 Å². The molecule has 0 radical (unpaired) electrons. The van der Waals surface area contributed by atoms with Gasteiger partial charge in [-0.25, -0.2) is 8.42 Å². The summed E-state index contributed by atoms with van der Waals surface area (Å²) < 4.78 is 32.6. The monoisotopic (exact) mass is 661 g/mol. The lowest BCUT2D eigenvalue weighted by molar-refractivity contribution is -0.142. The van der Waals surface area contributed by atoms with Gasteiger partial charge in [0.25, 0.3) is 0 Å². The van der Waals surface area contributed by atoms with E-state index in [4.69, 9.17) is 27.9 Å². The zero-order valence-electron chi connectivity index (χ0n) is 25.8. The fourth-order valence-electron chi connectivity index (χ4n) is 4.76. The van der Waals surface area contributed by atoms with Crippen molar-refractivity contribution in [3.05, 3.63) is 94.0 Å². The molecule has 0 bridgehead atoms. The van der Waals surface area contributed by atoms with Crippen LogP contribution >= 0.6 is 23.2 Å².